The third-order valence-corrected chi connectivity index (χ3v) is 4.03. The van der Waals surface area contributed by atoms with Gasteiger partial charge in [0.2, 0.25) is 5.78 Å². The first-order chi connectivity index (χ1) is 9.97. The molecule has 0 fully saturated rings. The molecule has 0 spiro atoms. The summed E-state index contributed by atoms with van der Waals surface area (Å²) in [6.07, 6.45) is 0. The van der Waals surface area contributed by atoms with Crippen molar-refractivity contribution in [3.8, 4) is 0 Å². The number of imidazole rings is 2. The predicted octanol–water partition coefficient (Wildman–Crippen LogP) is 4.51. The summed E-state index contributed by atoms with van der Waals surface area (Å²) in [5, 5.41) is 0. The topological polar surface area (TPSA) is 22.2 Å². The summed E-state index contributed by atoms with van der Waals surface area (Å²) in [5.74, 6) is 1.02. The summed E-state index contributed by atoms with van der Waals surface area (Å²) < 4.78 is 4.60. The SMILES string of the molecule is Cc1ccc2c(c1)nc1n(C(C)(C)C)c3ccccc3n21. The fourth-order valence-corrected chi connectivity index (χ4v) is 3.18. The standard InChI is InChI=1S/C18H19N3/c1-12-9-10-14-13(11-12)19-17-20(14)15-7-5-6-8-16(15)21(17)18(2,3)4/h5-11H,1-4H3. The van der Waals surface area contributed by atoms with E-state index in [0.717, 1.165) is 11.3 Å². The Labute approximate surface area is 123 Å². The lowest BCUT2D eigenvalue weighted by Crippen LogP contribution is -2.21. The number of hydrogen-bond acceptors (Lipinski definition) is 1. The van der Waals surface area contributed by atoms with Gasteiger partial charge in [-0.1, -0.05) is 18.2 Å². The van der Waals surface area contributed by atoms with Crippen molar-refractivity contribution in [2.45, 2.75) is 33.2 Å². The molecule has 2 heterocycles. The summed E-state index contributed by atoms with van der Waals surface area (Å²) >= 11 is 0. The minimum absolute atomic E-state index is 0.0131. The Morgan fingerprint density at radius 3 is 2.33 bits per heavy atom. The molecular formula is C18H19N3. The van der Waals surface area contributed by atoms with Crippen LogP contribution >= 0.6 is 0 Å². The molecule has 21 heavy (non-hydrogen) atoms. The molecule has 0 radical (unpaired) electrons. The van der Waals surface area contributed by atoms with Gasteiger partial charge in [0.15, 0.2) is 0 Å². The van der Waals surface area contributed by atoms with Crippen LogP contribution in [0, 0.1) is 6.92 Å². The van der Waals surface area contributed by atoms with Crippen LogP contribution in [0.3, 0.4) is 0 Å². The smallest absolute Gasteiger partial charge is 0.216 e. The zero-order valence-electron chi connectivity index (χ0n) is 12.9. The first-order valence-corrected chi connectivity index (χ1v) is 7.35. The van der Waals surface area contributed by atoms with Crippen LogP contribution in [-0.2, 0) is 5.54 Å². The van der Waals surface area contributed by atoms with E-state index in [4.69, 9.17) is 4.98 Å². The van der Waals surface area contributed by atoms with Crippen molar-refractivity contribution in [3.05, 3.63) is 48.0 Å². The van der Waals surface area contributed by atoms with Crippen molar-refractivity contribution in [2.75, 3.05) is 0 Å². The van der Waals surface area contributed by atoms with Gasteiger partial charge < -0.3 is 4.57 Å². The van der Waals surface area contributed by atoms with Crippen molar-refractivity contribution in [2.24, 2.45) is 0 Å². The second-order valence-electron chi connectivity index (χ2n) is 6.73. The number of aromatic nitrogens is 3. The quantitative estimate of drug-likeness (QED) is 0.463. The van der Waals surface area contributed by atoms with Crippen molar-refractivity contribution >= 4 is 27.8 Å². The number of rotatable bonds is 0. The molecule has 3 heteroatoms. The van der Waals surface area contributed by atoms with Gasteiger partial charge in [-0.2, -0.15) is 0 Å². The Balaban J connectivity index is 2.31. The maximum atomic E-state index is 4.91. The molecule has 0 unspecified atom stereocenters. The fraction of sp³-hybridized carbons (Fsp3) is 0.278. The largest absolute Gasteiger partial charge is 0.304 e. The van der Waals surface area contributed by atoms with Crippen molar-refractivity contribution < 1.29 is 0 Å². The Hall–Kier alpha value is -2.29. The lowest BCUT2D eigenvalue weighted by Gasteiger charge is -2.22. The molecule has 3 nitrogen and oxygen atoms in total. The minimum Gasteiger partial charge on any atom is -0.304 e. The Kier molecular flexibility index (Phi) is 2.30. The molecule has 0 aliphatic rings. The van der Waals surface area contributed by atoms with Gasteiger partial charge in [-0.15, -0.1) is 0 Å². The number of fused-ring (bicyclic) bond motifs is 5. The monoisotopic (exact) mass is 277 g/mol. The summed E-state index contributed by atoms with van der Waals surface area (Å²) in [7, 11) is 0. The van der Waals surface area contributed by atoms with E-state index >= 15 is 0 Å². The van der Waals surface area contributed by atoms with Crippen LogP contribution in [0.15, 0.2) is 42.5 Å². The van der Waals surface area contributed by atoms with Gasteiger partial charge in [0, 0.05) is 5.54 Å². The highest BCUT2D eigenvalue weighted by atomic mass is 15.2. The Morgan fingerprint density at radius 2 is 1.62 bits per heavy atom. The number of nitrogens with zero attached hydrogens (tertiary/aromatic N) is 3. The molecule has 106 valence electrons. The third kappa shape index (κ3) is 1.63. The van der Waals surface area contributed by atoms with E-state index in [1.807, 2.05) is 0 Å². The second kappa shape index (κ2) is 3.88. The van der Waals surface area contributed by atoms with E-state index in [2.05, 4.69) is 79.1 Å². The van der Waals surface area contributed by atoms with Crippen molar-refractivity contribution in [3.63, 3.8) is 0 Å². The second-order valence-corrected chi connectivity index (χ2v) is 6.73. The van der Waals surface area contributed by atoms with Crippen molar-refractivity contribution in [1.82, 2.24) is 14.0 Å². The molecule has 2 aromatic carbocycles. The average molecular weight is 277 g/mol. The molecule has 0 aliphatic carbocycles. The highest BCUT2D eigenvalue weighted by Crippen LogP contribution is 2.31. The van der Waals surface area contributed by atoms with Gasteiger partial charge in [0.05, 0.1) is 22.1 Å². The molecule has 0 bridgehead atoms. The van der Waals surface area contributed by atoms with Gasteiger partial charge >= 0.3 is 0 Å². The van der Waals surface area contributed by atoms with Crippen LogP contribution in [0.5, 0.6) is 0 Å². The average Bonchev–Trinajstić information content (AvgIpc) is 2.90. The van der Waals surface area contributed by atoms with Crippen LogP contribution in [0.2, 0.25) is 0 Å². The molecular weight excluding hydrogens is 258 g/mol. The van der Waals surface area contributed by atoms with Gasteiger partial charge in [0.1, 0.15) is 0 Å². The molecule has 0 atom stereocenters. The number of para-hydroxylation sites is 2. The van der Waals surface area contributed by atoms with E-state index < -0.39 is 0 Å². The minimum atomic E-state index is -0.0131. The van der Waals surface area contributed by atoms with Gasteiger partial charge in [-0.25, -0.2) is 4.98 Å². The van der Waals surface area contributed by atoms with E-state index in [9.17, 15) is 0 Å². The highest BCUT2D eigenvalue weighted by molar-refractivity contribution is 5.91. The summed E-state index contributed by atoms with van der Waals surface area (Å²) in [6, 6.07) is 15.0. The molecule has 2 aromatic heterocycles. The molecule has 0 saturated heterocycles. The fourth-order valence-electron chi connectivity index (χ4n) is 3.18. The Bertz CT molecular complexity index is 980. The van der Waals surface area contributed by atoms with Gasteiger partial charge in [-0.3, -0.25) is 4.40 Å². The Morgan fingerprint density at radius 1 is 0.905 bits per heavy atom. The zero-order chi connectivity index (χ0) is 14.8. The van der Waals surface area contributed by atoms with E-state index in [1.54, 1.807) is 0 Å². The number of benzene rings is 2. The number of hydrogen-bond donors (Lipinski definition) is 0. The van der Waals surface area contributed by atoms with Gasteiger partial charge in [-0.05, 0) is 57.5 Å². The summed E-state index contributed by atoms with van der Waals surface area (Å²) in [6.45, 7) is 8.79. The van der Waals surface area contributed by atoms with Gasteiger partial charge in [0.25, 0.3) is 0 Å². The molecule has 4 rings (SSSR count). The normalized spacial score (nSPS) is 12.8. The van der Waals surface area contributed by atoms with E-state index in [1.165, 1.54) is 22.1 Å². The maximum Gasteiger partial charge on any atom is 0.216 e. The molecule has 0 aliphatic heterocycles. The third-order valence-electron chi connectivity index (χ3n) is 4.03. The lowest BCUT2D eigenvalue weighted by molar-refractivity contribution is 0.419. The van der Waals surface area contributed by atoms with Crippen LogP contribution in [-0.4, -0.2) is 14.0 Å². The first kappa shape index (κ1) is 12.5. The van der Waals surface area contributed by atoms with Crippen LogP contribution in [0.1, 0.15) is 26.3 Å². The van der Waals surface area contributed by atoms with E-state index in [0.29, 0.717) is 0 Å². The van der Waals surface area contributed by atoms with Crippen molar-refractivity contribution in [1.29, 1.82) is 0 Å². The number of aryl methyl sites for hydroxylation is 1. The first-order valence-electron chi connectivity index (χ1n) is 7.35. The summed E-state index contributed by atoms with van der Waals surface area (Å²) in [5.41, 5.74) is 5.92. The molecule has 0 saturated carbocycles. The predicted molar refractivity (Wildman–Crippen MR) is 87.9 cm³/mol. The van der Waals surface area contributed by atoms with Crippen LogP contribution in [0.4, 0.5) is 0 Å². The lowest BCUT2D eigenvalue weighted by atomic mass is 10.1. The van der Waals surface area contributed by atoms with E-state index in [-0.39, 0.29) is 5.54 Å². The zero-order valence-corrected chi connectivity index (χ0v) is 12.9. The van der Waals surface area contributed by atoms with Crippen LogP contribution < -0.4 is 0 Å². The summed E-state index contributed by atoms with van der Waals surface area (Å²) in [4.78, 5) is 4.91. The molecule has 4 aromatic rings. The van der Waals surface area contributed by atoms with Crippen LogP contribution in [0.25, 0.3) is 27.8 Å². The highest BCUT2D eigenvalue weighted by Gasteiger charge is 2.23. The maximum absolute atomic E-state index is 4.91. The molecule has 0 N–H and O–H groups in total. The molecule has 0 amide bonds.